The summed E-state index contributed by atoms with van der Waals surface area (Å²) in [5.41, 5.74) is 0. The Balaban J connectivity index is 1.94. The van der Waals surface area contributed by atoms with E-state index in [1.165, 1.54) is 0 Å². The number of rotatable bonds is 4. The van der Waals surface area contributed by atoms with Gasteiger partial charge in [0, 0.05) is 25.6 Å². The molecule has 1 N–H and O–H groups in total. The number of nitrogens with one attached hydrogen (secondary N) is 1. The van der Waals surface area contributed by atoms with E-state index in [2.05, 4.69) is 15.3 Å². The first-order valence-electron chi connectivity index (χ1n) is 5.92. The molecule has 1 fully saturated rings. The van der Waals surface area contributed by atoms with E-state index >= 15 is 0 Å². The van der Waals surface area contributed by atoms with Crippen LogP contribution in [-0.2, 0) is 4.74 Å². The van der Waals surface area contributed by atoms with Crippen LogP contribution in [-0.4, -0.2) is 30.2 Å². The van der Waals surface area contributed by atoms with Crippen LogP contribution in [0.2, 0.25) is 0 Å². The average Bonchev–Trinajstić information content (AvgIpc) is 2.38. The van der Waals surface area contributed by atoms with Crippen LogP contribution in [0.3, 0.4) is 0 Å². The maximum absolute atomic E-state index is 5.37. The van der Waals surface area contributed by atoms with Gasteiger partial charge in [-0.3, -0.25) is 0 Å². The van der Waals surface area contributed by atoms with E-state index in [1.54, 1.807) is 12.4 Å². The molecule has 0 radical (unpaired) electrons. The Hall–Kier alpha value is -1.00. The number of nitrogens with zero attached hydrogens (tertiary/aromatic N) is 2. The summed E-state index contributed by atoms with van der Waals surface area (Å²) in [5.74, 6) is 1.63. The summed E-state index contributed by atoms with van der Waals surface area (Å²) in [5, 5.41) is 3.30. The minimum atomic E-state index is 0.268. The van der Waals surface area contributed by atoms with Crippen molar-refractivity contribution in [3.63, 3.8) is 0 Å². The van der Waals surface area contributed by atoms with Crippen LogP contribution in [0.25, 0.3) is 0 Å². The topological polar surface area (TPSA) is 47.0 Å². The lowest BCUT2D eigenvalue weighted by atomic mass is 9.92. The molecule has 0 spiro atoms. The lowest BCUT2D eigenvalue weighted by Gasteiger charge is -2.25. The van der Waals surface area contributed by atoms with E-state index in [1.807, 2.05) is 13.1 Å². The fourth-order valence-electron chi connectivity index (χ4n) is 2.16. The average molecular weight is 221 g/mol. The zero-order valence-electron chi connectivity index (χ0n) is 9.72. The Morgan fingerprint density at radius 2 is 2.06 bits per heavy atom. The van der Waals surface area contributed by atoms with Gasteiger partial charge in [-0.25, -0.2) is 9.97 Å². The van der Waals surface area contributed by atoms with Gasteiger partial charge in [0.2, 0.25) is 0 Å². The van der Waals surface area contributed by atoms with Crippen LogP contribution in [0.5, 0.6) is 0 Å². The first-order valence-corrected chi connectivity index (χ1v) is 5.92. The van der Waals surface area contributed by atoms with Crippen LogP contribution >= 0.6 is 0 Å². The molecular weight excluding hydrogens is 202 g/mol. The molecule has 2 heterocycles. The summed E-state index contributed by atoms with van der Waals surface area (Å²) in [4.78, 5) is 8.62. The highest BCUT2D eigenvalue weighted by Crippen LogP contribution is 2.25. The summed E-state index contributed by atoms with van der Waals surface area (Å²) in [6.07, 6.45) is 7.02. The molecule has 1 atom stereocenters. The molecule has 0 saturated carbocycles. The largest absolute Gasteiger partial charge is 0.381 e. The van der Waals surface area contributed by atoms with Gasteiger partial charge in [-0.2, -0.15) is 0 Å². The van der Waals surface area contributed by atoms with Gasteiger partial charge in [-0.1, -0.05) is 0 Å². The third-order valence-corrected chi connectivity index (χ3v) is 3.16. The van der Waals surface area contributed by atoms with E-state index < -0.39 is 0 Å². The van der Waals surface area contributed by atoms with Gasteiger partial charge in [-0.15, -0.1) is 0 Å². The molecule has 1 saturated heterocycles. The summed E-state index contributed by atoms with van der Waals surface area (Å²) in [7, 11) is 1.97. The van der Waals surface area contributed by atoms with Gasteiger partial charge in [0.05, 0.1) is 6.04 Å². The maximum Gasteiger partial charge on any atom is 0.145 e. The lowest BCUT2D eigenvalue weighted by molar-refractivity contribution is 0.0605. The number of ether oxygens (including phenoxy) is 1. The Labute approximate surface area is 96.4 Å². The minimum absolute atomic E-state index is 0.268. The molecule has 1 aliphatic heterocycles. The Bertz CT molecular complexity index is 298. The van der Waals surface area contributed by atoms with E-state index in [0.717, 1.165) is 44.2 Å². The molecule has 0 aliphatic carbocycles. The highest BCUT2D eigenvalue weighted by Gasteiger charge is 2.20. The molecule has 0 amide bonds. The van der Waals surface area contributed by atoms with Crippen molar-refractivity contribution in [3.8, 4) is 0 Å². The van der Waals surface area contributed by atoms with E-state index in [9.17, 15) is 0 Å². The van der Waals surface area contributed by atoms with E-state index in [0.29, 0.717) is 0 Å². The molecule has 88 valence electrons. The van der Waals surface area contributed by atoms with Crippen molar-refractivity contribution in [2.75, 3.05) is 20.3 Å². The summed E-state index contributed by atoms with van der Waals surface area (Å²) < 4.78 is 5.37. The molecule has 1 aromatic rings. The van der Waals surface area contributed by atoms with Crippen molar-refractivity contribution < 1.29 is 4.74 Å². The van der Waals surface area contributed by atoms with Crippen molar-refractivity contribution in [2.24, 2.45) is 5.92 Å². The smallest absolute Gasteiger partial charge is 0.145 e. The SMILES string of the molecule is CNC(CC1CCOCC1)c1ncccn1. The van der Waals surface area contributed by atoms with Crippen LogP contribution in [0, 0.1) is 5.92 Å². The number of hydrogen-bond acceptors (Lipinski definition) is 4. The molecule has 2 rings (SSSR count). The quantitative estimate of drug-likeness (QED) is 0.838. The van der Waals surface area contributed by atoms with Crippen molar-refractivity contribution in [3.05, 3.63) is 24.3 Å². The van der Waals surface area contributed by atoms with Crippen LogP contribution in [0.15, 0.2) is 18.5 Å². The monoisotopic (exact) mass is 221 g/mol. The van der Waals surface area contributed by atoms with E-state index in [4.69, 9.17) is 4.74 Å². The number of aromatic nitrogens is 2. The zero-order valence-corrected chi connectivity index (χ0v) is 9.72. The molecule has 1 aliphatic rings. The van der Waals surface area contributed by atoms with Crippen LogP contribution in [0.1, 0.15) is 31.1 Å². The standard InChI is InChI=1S/C12H19N3O/c1-13-11(12-14-5-2-6-15-12)9-10-3-7-16-8-4-10/h2,5-6,10-11,13H,3-4,7-9H2,1H3. The van der Waals surface area contributed by atoms with Gasteiger partial charge in [-0.05, 0) is 38.3 Å². The summed E-state index contributed by atoms with van der Waals surface area (Å²) in [6.45, 7) is 1.80. The second-order valence-electron chi connectivity index (χ2n) is 4.24. The molecule has 0 aromatic carbocycles. The zero-order chi connectivity index (χ0) is 11.2. The Kier molecular flexibility index (Phi) is 4.25. The predicted octanol–water partition coefficient (Wildman–Crippen LogP) is 1.55. The highest BCUT2D eigenvalue weighted by atomic mass is 16.5. The van der Waals surface area contributed by atoms with Gasteiger partial charge in [0.1, 0.15) is 5.82 Å². The number of hydrogen-bond donors (Lipinski definition) is 1. The van der Waals surface area contributed by atoms with Crippen molar-refractivity contribution in [2.45, 2.75) is 25.3 Å². The normalized spacial score (nSPS) is 19.6. The van der Waals surface area contributed by atoms with Crippen molar-refractivity contribution in [1.29, 1.82) is 0 Å². The molecule has 1 aromatic heterocycles. The summed E-state index contributed by atoms with van der Waals surface area (Å²) >= 11 is 0. The van der Waals surface area contributed by atoms with Crippen LogP contribution < -0.4 is 5.32 Å². The van der Waals surface area contributed by atoms with Gasteiger partial charge in [0.25, 0.3) is 0 Å². The Morgan fingerprint density at radius 1 is 1.38 bits per heavy atom. The van der Waals surface area contributed by atoms with Gasteiger partial charge in [0.15, 0.2) is 0 Å². The predicted molar refractivity (Wildman–Crippen MR) is 62.0 cm³/mol. The fraction of sp³-hybridized carbons (Fsp3) is 0.667. The second kappa shape index (κ2) is 5.92. The summed E-state index contributed by atoms with van der Waals surface area (Å²) in [6, 6.07) is 2.12. The molecule has 1 unspecified atom stereocenters. The molecule has 4 nitrogen and oxygen atoms in total. The highest BCUT2D eigenvalue weighted by molar-refractivity contribution is 4.96. The lowest BCUT2D eigenvalue weighted by Crippen LogP contribution is -2.25. The van der Waals surface area contributed by atoms with E-state index in [-0.39, 0.29) is 6.04 Å². The van der Waals surface area contributed by atoms with Crippen molar-refractivity contribution in [1.82, 2.24) is 15.3 Å². The Morgan fingerprint density at radius 3 is 2.69 bits per heavy atom. The first kappa shape index (κ1) is 11.5. The third-order valence-electron chi connectivity index (χ3n) is 3.16. The second-order valence-corrected chi connectivity index (χ2v) is 4.24. The van der Waals surface area contributed by atoms with Gasteiger partial charge < -0.3 is 10.1 Å². The van der Waals surface area contributed by atoms with Crippen LogP contribution in [0.4, 0.5) is 0 Å². The fourth-order valence-corrected chi connectivity index (χ4v) is 2.16. The first-order chi connectivity index (χ1) is 7.90. The molecular formula is C12H19N3O. The minimum Gasteiger partial charge on any atom is -0.381 e. The third kappa shape index (κ3) is 3.00. The molecule has 4 heteroatoms. The van der Waals surface area contributed by atoms with Crippen molar-refractivity contribution >= 4 is 0 Å². The van der Waals surface area contributed by atoms with Gasteiger partial charge >= 0.3 is 0 Å². The molecule has 0 bridgehead atoms. The molecule has 16 heavy (non-hydrogen) atoms. The maximum atomic E-state index is 5.37.